The van der Waals surface area contributed by atoms with Crippen LogP contribution in [0.15, 0.2) is 28.8 Å². The van der Waals surface area contributed by atoms with Gasteiger partial charge in [-0.2, -0.15) is 4.31 Å². The van der Waals surface area contributed by atoms with Crippen LogP contribution in [-0.4, -0.2) is 35.9 Å². The molecule has 1 amide bonds. The molecule has 1 saturated carbocycles. The number of allylic oxidation sites excluding steroid dienone is 1. The first-order valence-corrected chi connectivity index (χ1v) is 9.71. The third-order valence-electron chi connectivity index (χ3n) is 5.96. The number of hydrogen-bond donors (Lipinski definition) is 0. The minimum Gasteiger partial charge on any atom is -0.438 e. The van der Waals surface area contributed by atoms with Crippen LogP contribution in [-0.2, 0) is 26.6 Å². The molecule has 3 aliphatic rings. The Morgan fingerprint density at radius 3 is 2.60 bits per heavy atom. The molecule has 2 atom stereocenters. The van der Waals surface area contributed by atoms with Gasteiger partial charge in [0.05, 0.1) is 4.91 Å². The number of hydrogen-bond acceptors (Lipinski definition) is 5. The van der Waals surface area contributed by atoms with Crippen molar-refractivity contribution >= 4 is 21.9 Å². The van der Waals surface area contributed by atoms with E-state index in [-0.39, 0.29) is 22.2 Å². The number of carbonyl (C=O) groups is 2. The first-order chi connectivity index (χ1) is 11.7. The topological polar surface area (TPSA) is 85.7 Å². The lowest BCUT2D eigenvalue weighted by molar-refractivity contribution is -0.125. The quantitative estimate of drug-likeness (QED) is 0.761. The molecule has 25 heavy (non-hydrogen) atoms. The molecule has 1 aromatic rings. The summed E-state index contributed by atoms with van der Waals surface area (Å²) >= 11 is 0. The first kappa shape index (κ1) is 16.4. The van der Waals surface area contributed by atoms with Gasteiger partial charge in [0.15, 0.2) is 6.73 Å². The van der Waals surface area contributed by atoms with Gasteiger partial charge < -0.3 is 9.30 Å². The largest absolute Gasteiger partial charge is 0.438 e. The average Bonchev–Trinajstić information content (AvgIpc) is 3.20. The van der Waals surface area contributed by atoms with Crippen LogP contribution in [0.1, 0.15) is 37.2 Å². The summed E-state index contributed by atoms with van der Waals surface area (Å²) in [5.74, 6) is -1.36. The van der Waals surface area contributed by atoms with Crippen molar-refractivity contribution < 1.29 is 22.7 Å². The predicted molar refractivity (Wildman–Crippen MR) is 88.5 cm³/mol. The zero-order chi connectivity index (χ0) is 18.1. The summed E-state index contributed by atoms with van der Waals surface area (Å²) in [5.41, 5.74) is 0.501. The fraction of sp³-hybridized carbons (Fsp3) is 0.529. The van der Waals surface area contributed by atoms with Crippen molar-refractivity contribution in [2.75, 3.05) is 6.73 Å². The Kier molecular flexibility index (Phi) is 3.26. The van der Waals surface area contributed by atoms with Crippen LogP contribution >= 0.6 is 0 Å². The van der Waals surface area contributed by atoms with Crippen molar-refractivity contribution in [2.24, 2.45) is 24.3 Å². The summed E-state index contributed by atoms with van der Waals surface area (Å²) in [5, 5.41) is 0. The number of aryl methyl sites for hydroxylation is 1. The number of rotatable bonds is 3. The summed E-state index contributed by atoms with van der Waals surface area (Å²) in [6.45, 7) is 3.46. The van der Waals surface area contributed by atoms with E-state index in [1.165, 1.54) is 0 Å². The van der Waals surface area contributed by atoms with Crippen LogP contribution in [0.2, 0.25) is 0 Å². The fourth-order valence-corrected chi connectivity index (χ4v) is 6.63. The molecule has 0 aromatic carbocycles. The Morgan fingerprint density at radius 1 is 1.32 bits per heavy atom. The summed E-state index contributed by atoms with van der Waals surface area (Å²) < 4.78 is 33.1. The molecule has 8 heteroatoms. The second kappa shape index (κ2) is 4.97. The van der Waals surface area contributed by atoms with E-state index in [4.69, 9.17) is 4.74 Å². The van der Waals surface area contributed by atoms with Gasteiger partial charge in [-0.25, -0.2) is 13.2 Å². The van der Waals surface area contributed by atoms with E-state index in [1.807, 2.05) is 13.8 Å². The summed E-state index contributed by atoms with van der Waals surface area (Å²) in [7, 11) is -2.23. The molecule has 1 aliphatic heterocycles. The average molecular weight is 364 g/mol. The number of sulfonamides is 1. The fourth-order valence-electron chi connectivity index (χ4n) is 4.59. The highest BCUT2D eigenvalue weighted by atomic mass is 32.2. The monoisotopic (exact) mass is 364 g/mol. The first-order valence-electron chi connectivity index (χ1n) is 8.27. The van der Waals surface area contributed by atoms with E-state index < -0.39 is 28.6 Å². The molecule has 1 fully saturated rings. The normalized spacial score (nSPS) is 28.6. The molecule has 1 aromatic heterocycles. The van der Waals surface area contributed by atoms with E-state index in [2.05, 4.69) is 0 Å². The third-order valence-corrected chi connectivity index (χ3v) is 7.87. The van der Waals surface area contributed by atoms with Gasteiger partial charge >= 0.3 is 5.97 Å². The van der Waals surface area contributed by atoms with Crippen LogP contribution in [0.5, 0.6) is 0 Å². The highest BCUT2D eigenvalue weighted by Crippen LogP contribution is 2.63. The number of carbonyl (C=O) groups excluding carboxylic acids is 2. The highest BCUT2D eigenvalue weighted by molar-refractivity contribution is 7.94. The van der Waals surface area contributed by atoms with Gasteiger partial charge in [-0.15, -0.1) is 0 Å². The van der Waals surface area contributed by atoms with Gasteiger partial charge in [0.2, 0.25) is 0 Å². The number of amides is 1. The van der Waals surface area contributed by atoms with Gasteiger partial charge in [0.1, 0.15) is 5.69 Å². The summed E-state index contributed by atoms with van der Waals surface area (Å²) in [4.78, 5) is 25.1. The minimum absolute atomic E-state index is 0.0386. The maximum Gasteiger partial charge on any atom is 0.356 e. The molecule has 0 spiro atoms. The van der Waals surface area contributed by atoms with Crippen LogP contribution in [0, 0.1) is 17.3 Å². The van der Waals surface area contributed by atoms with Crippen LogP contribution < -0.4 is 0 Å². The van der Waals surface area contributed by atoms with Crippen LogP contribution in [0.3, 0.4) is 0 Å². The van der Waals surface area contributed by atoms with Crippen molar-refractivity contribution in [3.8, 4) is 0 Å². The zero-order valence-corrected chi connectivity index (χ0v) is 15.2. The molecule has 2 bridgehead atoms. The molecule has 0 N–H and O–H groups in total. The Balaban J connectivity index is 1.58. The van der Waals surface area contributed by atoms with E-state index in [0.29, 0.717) is 15.6 Å². The van der Waals surface area contributed by atoms with E-state index in [1.54, 1.807) is 29.9 Å². The molecular formula is C17H20N2O5S. The predicted octanol–water partition coefficient (Wildman–Crippen LogP) is 1.63. The number of ether oxygens (including phenoxy) is 1. The zero-order valence-electron chi connectivity index (χ0n) is 14.4. The Hall–Kier alpha value is -2.09. The van der Waals surface area contributed by atoms with E-state index in [0.717, 1.165) is 12.8 Å². The molecular weight excluding hydrogens is 344 g/mol. The van der Waals surface area contributed by atoms with Crippen molar-refractivity contribution in [2.45, 2.75) is 26.7 Å². The third kappa shape index (κ3) is 2.00. The SMILES string of the molecule is Cn1cccc1C(=O)OCN1C(=O)C2=C(C3CCC2C3(C)C)S1(=O)=O. The lowest BCUT2D eigenvalue weighted by Crippen LogP contribution is -2.38. The molecule has 2 heterocycles. The standard InChI is InChI=1S/C17H20N2O5S/c1-17(2)10-6-7-11(17)14-13(10)15(20)19(25(14,22)23)9-24-16(21)12-5-4-8-18(12)3/h4-5,8,10-11H,6-7,9H2,1-3H3. The molecule has 7 nitrogen and oxygen atoms in total. The van der Waals surface area contributed by atoms with Crippen LogP contribution in [0.25, 0.3) is 0 Å². The molecule has 4 rings (SSSR count). The number of fused-ring (bicyclic) bond motifs is 4. The maximum atomic E-state index is 12.9. The lowest BCUT2D eigenvalue weighted by atomic mass is 9.79. The smallest absolute Gasteiger partial charge is 0.356 e. The van der Waals surface area contributed by atoms with Gasteiger partial charge in [0, 0.05) is 24.7 Å². The molecule has 134 valence electrons. The Morgan fingerprint density at radius 2 is 2.00 bits per heavy atom. The van der Waals surface area contributed by atoms with Gasteiger partial charge in [-0.3, -0.25) is 4.79 Å². The van der Waals surface area contributed by atoms with E-state index in [9.17, 15) is 18.0 Å². The second-order valence-corrected chi connectivity index (χ2v) is 9.34. The molecule has 0 saturated heterocycles. The van der Waals surface area contributed by atoms with Crippen molar-refractivity contribution in [3.05, 3.63) is 34.5 Å². The van der Waals surface area contributed by atoms with Crippen molar-refractivity contribution in [1.29, 1.82) is 0 Å². The lowest BCUT2D eigenvalue weighted by Gasteiger charge is -2.29. The Labute approximate surface area is 146 Å². The van der Waals surface area contributed by atoms with Gasteiger partial charge in [-0.05, 0) is 36.3 Å². The van der Waals surface area contributed by atoms with Crippen molar-refractivity contribution in [1.82, 2.24) is 8.87 Å². The maximum absolute atomic E-state index is 12.9. The van der Waals surface area contributed by atoms with Crippen molar-refractivity contribution in [3.63, 3.8) is 0 Å². The van der Waals surface area contributed by atoms with Crippen LogP contribution in [0.4, 0.5) is 0 Å². The Bertz CT molecular complexity index is 925. The highest BCUT2D eigenvalue weighted by Gasteiger charge is 2.63. The van der Waals surface area contributed by atoms with E-state index >= 15 is 0 Å². The molecule has 2 aliphatic carbocycles. The molecule has 2 unspecified atom stereocenters. The minimum atomic E-state index is -3.91. The number of nitrogens with zero attached hydrogens (tertiary/aromatic N) is 2. The summed E-state index contributed by atoms with van der Waals surface area (Å²) in [6.07, 6.45) is 3.29. The van der Waals surface area contributed by atoms with Gasteiger partial charge in [0.25, 0.3) is 15.9 Å². The second-order valence-electron chi connectivity index (χ2n) is 7.51. The summed E-state index contributed by atoms with van der Waals surface area (Å²) in [6, 6.07) is 3.26. The number of esters is 1. The molecule has 0 radical (unpaired) electrons. The number of aromatic nitrogens is 1. The van der Waals surface area contributed by atoms with Gasteiger partial charge in [-0.1, -0.05) is 13.8 Å².